The molecule has 10 rings (SSSR count). The summed E-state index contributed by atoms with van der Waals surface area (Å²) in [6.45, 7) is 0. The van der Waals surface area contributed by atoms with Crippen LogP contribution in [-0.2, 0) is 4.79 Å². The van der Waals surface area contributed by atoms with E-state index in [-0.39, 0.29) is 28.3 Å². The first-order valence-electron chi connectivity index (χ1n) is 18.0. The predicted octanol–water partition coefficient (Wildman–Crippen LogP) is 9.91. The molecule has 46 heavy (non-hydrogen) atoms. The van der Waals surface area contributed by atoms with Gasteiger partial charge < -0.3 is 9.84 Å². The first-order chi connectivity index (χ1) is 22.5. The maximum Gasteiger partial charge on any atom is 0.318 e. The summed E-state index contributed by atoms with van der Waals surface area (Å²) >= 11 is 0. The Morgan fingerprint density at radius 3 is 1.96 bits per heavy atom. The predicted molar refractivity (Wildman–Crippen MR) is 181 cm³/mol. The molecule has 6 saturated carbocycles. The van der Waals surface area contributed by atoms with Crippen LogP contribution >= 0.6 is 0 Å². The monoisotopic (exact) mass is 612 g/mol. The number of phenolic OH excluding ortho intramolecular Hbond substituents is 1. The molecule has 0 aromatic heterocycles. The number of hydrogen-bond donors (Lipinski definition) is 1. The summed E-state index contributed by atoms with van der Waals surface area (Å²) in [6, 6.07) is 25.8. The molecule has 8 atom stereocenters. The lowest BCUT2D eigenvalue weighted by Crippen LogP contribution is -2.42. The highest BCUT2D eigenvalue weighted by atomic mass is 16.5. The first kappa shape index (κ1) is 28.6. The van der Waals surface area contributed by atoms with E-state index in [1.165, 1.54) is 64.2 Å². The molecule has 4 aromatic carbocycles. The van der Waals surface area contributed by atoms with Gasteiger partial charge in [-0.15, -0.1) is 0 Å². The number of ketones is 1. The minimum absolute atomic E-state index is 0.0588. The molecule has 0 saturated heterocycles. The molecule has 0 heterocycles. The number of rotatable bonds is 4. The third-order valence-electron chi connectivity index (χ3n) is 14.0. The number of hydrogen-bond acceptors (Lipinski definition) is 4. The second-order valence-corrected chi connectivity index (χ2v) is 15.5. The zero-order valence-electron chi connectivity index (χ0n) is 26.6. The molecule has 4 bridgehead atoms. The highest BCUT2D eigenvalue weighted by Gasteiger charge is 2.65. The molecular weight excluding hydrogens is 568 g/mol. The van der Waals surface area contributed by atoms with E-state index in [0.717, 1.165) is 52.0 Å². The molecule has 236 valence electrons. The Morgan fingerprint density at radius 1 is 0.630 bits per heavy atom. The zero-order valence-corrected chi connectivity index (χ0v) is 26.6. The molecule has 8 unspecified atom stereocenters. The maximum atomic E-state index is 13.5. The second kappa shape index (κ2) is 10.7. The van der Waals surface area contributed by atoms with Crippen LogP contribution in [0.1, 0.15) is 87.4 Å². The minimum Gasteiger partial charge on any atom is -0.507 e. The number of carbonyl (C=O) groups is 2. The highest BCUT2D eigenvalue weighted by Crippen LogP contribution is 2.68. The van der Waals surface area contributed by atoms with Gasteiger partial charge in [0, 0.05) is 16.2 Å². The Labute approximate surface area is 271 Å². The molecule has 1 N–H and O–H groups in total. The van der Waals surface area contributed by atoms with E-state index in [1.54, 1.807) is 0 Å². The van der Waals surface area contributed by atoms with E-state index in [9.17, 15) is 14.7 Å². The van der Waals surface area contributed by atoms with Gasteiger partial charge in [0.25, 0.3) is 0 Å². The quantitative estimate of drug-likeness (QED) is 0.142. The summed E-state index contributed by atoms with van der Waals surface area (Å²) in [5.74, 6) is 5.03. The van der Waals surface area contributed by atoms with E-state index < -0.39 is 0 Å². The molecule has 0 aliphatic heterocycles. The number of ether oxygens (including phenoxy) is 1. The molecule has 6 fully saturated rings. The molecule has 4 nitrogen and oxygen atoms in total. The van der Waals surface area contributed by atoms with Crippen LogP contribution in [0.3, 0.4) is 0 Å². The van der Waals surface area contributed by atoms with Crippen LogP contribution in [0.5, 0.6) is 11.5 Å². The summed E-state index contributed by atoms with van der Waals surface area (Å²) in [6.07, 6.45) is 14.5. The fourth-order valence-corrected chi connectivity index (χ4v) is 12.2. The Balaban J connectivity index is 0.000000127. The van der Waals surface area contributed by atoms with Crippen LogP contribution in [0.15, 0.2) is 78.9 Å². The summed E-state index contributed by atoms with van der Waals surface area (Å²) in [5, 5.41) is 14.7. The van der Waals surface area contributed by atoms with Crippen LogP contribution in [-0.4, -0.2) is 16.9 Å². The minimum atomic E-state index is -0.167. The lowest BCUT2D eigenvalue weighted by atomic mass is 9.64. The van der Waals surface area contributed by atoms with Gasteiger partial charge in [0.15, 0.2) is 5.78 Å². The summed E-state index contributed by atoms with van der Waals surface area (Å²) < 4.78 is 6.03. The van der Waals surface area contributed by atoms with Crippen LogP contribution < -0.4 is 4.74 Å². The van der Waals surface area contributed by atoms with Crippen LogP contribution in [0.2, 0.25) is 0 Å². The summed E-state index contributed by atoms with van der Waals surface area (Å²) in [4.78, 5) is 26.8. The van der Waals surface area contributed by atoms with Crippen molar-refractivity contribution in [3.8, 4) is 11.5 Å². The third kappa shape index (κ3) is 3.97. The number of phenols is 1. The standard InChI is InChI=1S/2C21H22O2/c22-20(21-12-4-8-18(21)15-10-11-16(21)13-15)23-19-9-3-6-14-5-1-2-7-17(14)19;22-19-16-5-2-1-4-13(16)8-10-17(19)20(23)21-11-3-6-18(21)14-7-9-15(21)12-14/h1-3,5-7,9,15-16,18H,4,8,10-13H2;1-2,4-5,8,10,14-15,18,22H,3,6-7,9,11-12H2. The molecule has 6 aliphatic carbocycles. The van der Waals surface area contributed by atoms with E-state index in [1.807, 2.05) is 66.7 Å². The molecule has 4 heteroatoms. The Hall–Kier alpha value is -3.66. The average molecular weight is 613 g/mol. The highest BCUT2D eigenvalue weighted by molar-refractivity contribution is 6.08. The van der Waals surface area contributed by atoms with E-state index >= 15 is 0 Å². The van der Waals surface area contributed by atoms with E-state index in [4.69, 9.17) is 4.74 Å². The van der Waals surface area contributed by atoms with Gasteiger partial charge in [-0.1, -0.05) is 79.6 Å². The fraction of sp³-hybridized carbons (Fsp3) is 0.476. The topological polar surface area (TPSA) is 63.6 Å². The van der Waals surface area contributed by atoms with Gasteiger partial charge in [0.05, 0.1) is 11.0 Å². The second-order valence-electron chi connectivity index (χ2n) is 15.5. The number of benzene rings is 4. The van der Waals surface area contributed by atoms with E-state index in [2.05, 4.69) is 12.1 Å². The molecule has 0 spiro atoms. The van der Waals surface area contributed by atoms with Crippen LogP contribution in [0.25, 0.3) is 21.5 Å². The van der Waals surface area contributed by atoms with Gasteiger partial charge in [-0.3, -0.25) is 9.59 Å². The van der Waals surface area contributed by atoms with Crippen molar-refractivity contribution in [2.24, 2.45) is 46.3 Å². The number of aromatic hydroxyl groups is 1. The van der Waals surface area contributed by atoms with Gasteiger partial charge in [0.2, 0.25) is 0 Å². The smallest absolute Gasteiger partial charge is 0.318 e. The normalized spacial score (nSPS) is 34.8. The SMILES string of the molecule is O=C(Oc1cccc2ccccc12)C12CCCC1C1CCC2C1.O=C(c1ccc2ccccc2c1O)C12CCCC1C1CCC2C1. The largest absolute Gasteiger partial charge is 0.507 e. The van der Waals surface area contributed by atoms with Crippen molar-refractivity contribution in [2.75, 3.05) is 0 Å². The Morgan fingerprint density at radius 2 is 1.22 bits per heavy atom. The number of carbonyl (C=O) groups excluding carboxylic acids is 2. The van der Waals surface area contributed by atoms with Crippen LogP contribution in [0.4, 0.5) is 0 Å². The van der Waals surface area contributed by atoms with Crippen molar-refractivity contribution in [2.45, 2.75) is 77.0 Å². The van der Waals surface area contributed by atoms with Crippen molar-refractivity contribution >= 4 is 33.3 Å². The van der Waals surface area contributed by atoms with Gasteiger partial charge in [-0.25, -0.2) is 0 Å². The van der Waals surface area contributed by atoms with Crippen molar-refractivity contribution in [1.82, 2.24) is 0 Å². The third-order valence-corrected chi connectivity index (χ3v) is 14.0. The van der Waals surface area contributed by atoms with Crippen LogP contribution in [0, 0.1) is 46.3 Å². The molecule has 4 aromatic rings. The Kier molecular flexibility index (Phi) is 6.63. The van der Waals surface area contributed by atoms with Gasteiger partial charge >= 0.3 is 5.97 Å². The van der Waals surface area contributed by atoms with Gasteiger partial charge in [0.1, 0.15) is 11.5 Å². The Bertz CT molecular complexity index is 1850. The molecular formula is C42H44O4. The molecule has 0 radical (unpaired) electrons. The molecule has 6 aliphatic rings. The summed E-state index contributed by atoms with van der Waals surface area (Å²) in [7, 11) is 0. The lowest BCUT2D eigenvalue weighted by Gasteiger charge is -2.38. The zero-order chi connectivity index (χ0) is 31.0. The van der Waals surface area contributed by atoms with Gasteiger partial charge in [-0.2, -0.15) is 0 Å². The number of Topliss-reactive ketones (excluding diaryl/α,β-unsaturated/α-hetero) is 1. The van der Waals surface area contributed by atoms with Crippen molar-refractivity contribution < 1.29 is 19.4 Å². The first-order valence-corrected chi connectivity index (χ1v) is 18.0. The average Bonchev–Trinajstić information content (AvgIpc) is 3.93. The fourth-order valence-electron chi connectivity index (χ4n) is 12.2. The van der Waals surface area contributed by atoms with Crippen molar-refractivity contribution in [1.29, 1.82) is 0 Å². The van der Waals surface area contributed by atoms with Gasteiger partial charge in [-0.05, 0) is 123 Å². The van der Waals surface area contributed by atoms with Crippen molar-refractivity contribution in [3.63, 3.8) is 0 Å². The van der Waals surface area contributed by atoms with E-state index in [0.29, 0.717) is 29.2 Å². The lowest BCUT2D eigenvalue weighted by molar-refractivity contribution is -0.151. The number of esters is 1. The number of fused-ring (bicyclic) bond motifs is 12. The van der Waals surface area contributed by atoms with Crippen molar-refractivity contribution in [3.05, 3.63) is 84.4 Å². The maximum absolute atomic E-state index is 13.5. The summed E-state index contributed by atoms with van der Waals surface area (Å²) in [5.41, 5.74) is 0.228. The molecule has 0 amide bonds.